The van der Waals surface area contributed by atoms with Gasteiger partial charge in [-0.15, -0.1) is 11.3 Å². The average molecular weight is 375 g/mol. The topological polar surface area (TPSA) is 63.4 Å². The fraction of sp³-hybridized carbons (Fsp3) is 0.231. The van der Waals surface area contributed by atoms with Crippen LogP contribution in [-0.2, 0) is 16.4 Å². The van der Waals surface area contributed by atoms with Crippen molar-refractivity contribution in [2.24, 2.45) is 0 Å². The van der Waals surface area contributed by atoms with Crippen LogP contribution < -0.4 is 5.73 Å². The summed E-state index contributed by atoms with van der Waals surface area (Å²) in [5.41, 5.74) is 6.20. The molecule has 0 aliphatic heterocycles. The van der Waals surface area contributed by atoms with Gasteiger partial charge in [0, 0.05) is 28.6 Å². The second-order valence-electron chi connectivity index (χ2n) is 4.34. The van der Waals surface area contributed by atoms with Crippen LogP contribution in [0.2, 0.25) is 0 Å². The van der Waals surface area contributed by atoms with Crippen LogP contribution in [0.5, 0.6) is 0 Å². The van der Waals surface area contributed by atoms with Gasteiger partial charge in [-0.25, -0.2) is 12.7 Å². The SMILES string of the molecule is CN(CCc1cccs1)S(=O)(=O)c1ccc(N)c(Br)c1. The van der Waals surface area contributed by atoms with E-state index in [1.165, 1.54) is 21.3 Å². The third-order valence-corrected chi connectivity index (χ3v) is 6.41. The highest BCUT2D eigenvalue weighted by atomic mass is 79.9. The van der Waals surface area contributed by atoms with Gasteiger partial charge < -0.3 is 5.73 Å². The first-order chi connectivity index (χ1) is 9.41. The standard InChI is InChI=1S/C13H15BrN2O2S2/c1-16(7-6-10-3-2-8-19-10)20(17,18)11-4-5-13(15)12(14)9-11/h2-5,8-9H,6-7,15H2,1H3. The van der Waals surface area contributed by atoms with E-state index in [0.717, 1.165) is 0 Å². The minimum Gasteiger partial charge on any atom is -0.398 e. The van der Waals surface area contributed by atoms with Gasteiger partial charge in [0.1, 0.15) is 0 Å². The van der Waals surface area contributed by atoms with E-state index in [9.17, 15) is 8.42 Å². The number of hydrogen-bond acceptors (Lipinski definition) is 4. The molecule has 0 atom stereocenters. The van der Waals surface area contributed by atoms with Crippen LogP contribution in [0.3, 0.4) is 0 Å². The summed E-state index contributed by atoms with van der Waals surface area (Å²) in [4.78, 5) is 1.41. The molecular weight excluding hydrogens is 360 g/mol. The number of nitrogen functional groups attached to an aromatic ring is 1. The predicted molar refractivity (Wildman–Crippen MR) is 86.4 cm³/mol. The molecule has 7 heteroatoms. The normalized spacial score (nSPS) is 11.9. The van der Waals surface area contributed by atoms with Crippen LogP contribution in [0.4, 0.5) is 5.69 Å². The van der Waals surface area contributed by atoms with Crippen LogP contribution in [0.15, 0.2) is 45.1 Å². The van der Waals surface area contributed by atoms with E-state index >= 15 is 0 Å². The molecule has 0 radical (unpaired) electrons. The van der Waals surface area contributed by atoms with Crippen LogP contribution in [0, 0.1) is 0 Å². The summed E-state index contributed by atoms with van der Waals surface area (Å²) < 4.78 is 26.8. The molecule has 0 bridgehead atoms. The molecule has 1 aromatic heterocycles. The molecule has 0 aliphatic carbocycles. The molecule has 2 rings (SSSR count). The van der Waals surface area contributed by atoms with Crippen molar-refractivity contribution < 1.29 is 8.42 Å². The Labute approximate surface area is 131 Å². The molecule has 2 aromatic rings. The molecule has 4 nitrogen and oxygen atoms in total. The smallest absolute Gasteiger partial charge is 0.242 e. The lowest BCUT2D eigenvalue weighted by Crippen LogP contribution is -2.28. The molecule has 1 heterocycles. The van der Waals surface area contributed by atoms with Gasteiger partial charge in [-0.1, -0.05) is 6.07 Å². The quantitative estimate of drug-likeness (QED) is 0.818. The third kappa shape index (κ3) is 3.41. The van der Waals surface area contributed by atoms with Gasteiger partial charge in [0.05, 0.1) is 4.90 Å². The first kappa shape index (κ1) is 15.5. The van der Waals surface area contributed by atoms with E-state index < -0.39 is 10.0 Å². The van der Waals surface area contributed by atoms with Gasteiger partial charge in [0.25, 0.3) is 0 Å². The minimum absolute atomic E-state index is 0.243. The molecule has 1 aromatic carbocycles. The zero-order valence-corrected chi connectivity index (χ0v) is 14.1. The predicted octanol–water partition coefficient (Wildman–Crippen LogP) is 2.96. The van der Waals surface area contributed by atoms with Crippen LogP contribution in [0.25, 0.3) is 0 Å². The summed E-state index contributed by atoms with van der Waals surface area (Å²) in [6.45, 7) is 0.449. The van der Waals surface area contributed by atoms with Crippen molar-refractivity contribution in [3.05, 3.63) is 45.1 Å². The number of sulfonamides is 1. The highest BCUT2D eigenvalue weighted by Crippen LogP contribution is 2.24. The Kier molecular flexibility index (Phi) is 4.85. The van der Waals surface area contributed by atoms with Crippen LogP contribution >= 0.6 is 27.3 Å². The zero-order valence-electron chi connectivity index (χ0n) is 10.9. The van der Waals surface area contributed by atoms with E-state index in [-0.39, 0.29) is 4.90 Å². The van der Waals surface area contributed by atoms with E-state index in [4.69, 9.17) is 5.73 Å². The molecule has 108 valence electrons. The summed E-state index contributed by atoms with van der Waals surface area (Å²) in [7, 11) is -1.89. The van der Waals surface area contributed by atoms with E-state index in [1.54, 1.807) is 24.5 Å². The Bertz CT molecular complexity index is 684. The maximum atomic E-state index is 12.4. The number of nitrogens with two attached hydrogens (primary N) is 1. The van der Waals surface area contributed by atoms with Gasteiger partial charge in [-0.2, -0.15) is 0 Å². The number of benzene rings is 1. The average Bonchev–Trinajstić information content (AvgIpc) is 2.92. The summed E-state index contributed by atoms with van der Waals surface area (Å²) >= 11 is 4.88. The van der Waals surface area contributed by atoms with Crippen LogP contribution in [-0.4, -0.2) is 26.3 Å². The Morgan fingerprint density at radius 1 is 1.35 bits per heavy atom. The fourth-order valence-corrected chi connectivity index (χ4v) is 4.12. The monoisotopic (exact) mass is 374 g/mol. The number of rotatable bonds is 5. The van der Waals surface area contributed by atoms with Gasteiger partial charge in [0.15, 0.2) is 0 Å². The number of nitrogens with zero attached hydrogens (tertiary/aromatic N) is 1. The highest BCUT2D eigenvalue weighted by Gasteiger charge is 2.21. The van der Waals surface area contributed by atoms with Crippen molar-refractivity contribution in [1.82, 2.24) is 4.31 Å². The van der Waals surface area contributed by atoms with Gasteiger partial charge >= 0.3 is 0 Å². The summed E-state index contributed by atoms with van der Waals surface area (Å²) in [6, 6.07) is 8.62. The molecule has 0 amide bonds. The Balaban J connectivity index is 2.14. The lowest BCUT2D eigenvalue weighted by Gasteiger charge is -2.17. The Morgan fingerprint density at radius 3 is 2.70 bits per heavy atom. The van der Waals surface area contributed by atoms with E-state index in [1.807, 2.05) is 17.5 Å². The first-order valence-electron chi connectivity index (χ1n) is 5.95. The van der Waals surface area contributed by atoms with Gasteiger partial charge in [0.2, 0.25) is 10.0 Å². The second kappa shape index (κ2) is 6.26. The fourth-order valence-electron chi connectivity index (χ4n) is 1.69. The van der Waals surface area contributed by atoms with Crippen molar-refractivity contribution in [3.63, 3.8) is 0 Å². The molecular formula is C13H15BrN2O2S2. The molecule has 2 N–H and O–H groups in total. The molecule has 0 aliphatic rings. The highest BCUT2D eigenvalue weighted by molar-refractivity contribution is 9.10. The number of hydrogen-bond donors (Lipinski definition) is 1. The van der Waals surface area contributed by atoms with Crippen molar-refractivity contribution in [2.45, 2.75) is 11.3 Å². The maximum Gasteiger partial charge on any atom is 0.242 e. The molecule has 20 heavy (non-hydrogen) atoms. The zero-order chi connectivity index (χ0) is 14.8. The molecule has 0 spiro atoms. The lowest BCUT2D eigenvalue weighted by atomic mass is 10.3. The van der Waals surface area contributed by atoms with Crippen molar-refractivity contribution in [2.75, 3.05) is 19.3 Å². The number of halogens is 1. The van der Waals surface area contributed by atoms with E-state index in [2.05, 4.69) is 15.9 Å². The molecule has 0 fully saturated rings. The number of likely N-dealkylation sites (N-methyl/N-ethyl adjacent to an activating group) is 1. The second-order valence-corrected chi connectivity index (χ2v) is 8.27. The van der Waals surface area contributed by atoms with Crippen molar-refractivity contribution in [1.29, 1.82) is 0 Å². The van der Waals surface area contributed by atoms with Crippen molar-refractivity contribution in [3.8, 4) is 0 Å². The van der Waals surface area contributed by atoms with Crippen LogP contribution in [0.1, 0.15) is 4.88 Å². The summed E-state index contributed by atoms with van der Waals surface area (Å²) in [5, 5.41) is 1.99. The first-order valence-corrected chi connectivity index (χ1v) is 9.06. The Hall–Kier alpha value is -0.890. The van der Waals surface area contributed by atoms with Crippen molar-refractivity contribution >= 4 is 43.0 Å². The van der Waals surface area contributed by atoms with E-state index in [0.29, 0.717) is 23.1 Å². The molecule has 0 unspecified atom stereocenters. The number of anilines is 1. The summed E-state index contributed by atoms with van der Waals surface area (Å²) in [5.74, 6) is 0. The Morgan fingerprint density at radius 2 is 2.10 bits per heavy atom. The lowest BCUT2D eigenvalue weighted by molar-refractivity contribution is 0.473. The maximum absolute atomic E-state index is 12.4. The number of thiophene rings is 1. The largest absolute Gasteiger partial charge is 0.398 e. The molecule has 0 saturated heterocycles. The van der Waals surface area contributed by atoms with Gasteiger partial charge in [-0.3, -0.25) is 0 Å². The minimum atomic E-state index is -3.48. The van der Waals surface area contributed by atoms with Gasteiger partial charge in [-0.05, 0) is 52.0 Å². The molecule has 0 saturated carbocycles. The third-order valence-electron chi connectivity index (χ3n) is 2.93. The summed E-state index contributed by atoms with van der Waals surface area (Å²) in [6.07, 6.45) is 0.712.